The molecule has 8 nitrogen and oxygen atoms in total. The minimum absolute atomic E-state index is 0.0614. The Morgan fingerprint density at radius 1 is 1.06 bits per heavy atom. The molecule has 0 atom stereocenters. The zero-order valence-electron chi connectivity index (χ0n) is 27.2. The normalized spacial score (nSPS) is 26.5. The van der Waals surface area contributed by atoms with Crippen LogP contribution in [-0.2, 0) is 7.05 Å². The second-order valence-corrected chi connectivity index (χ2v) is 7.01. The zero-order chi connectivity index (χ0) is 31.0. The van der Waals surface area contributed by atoms with E-state index in [-0.39, 0.29) is 16.4 Å². The van der Waals surface area contributed by atoms with Gasteiger partial charge in [-0.1, -0.05) is 12.1 Å². The van der Waals surface area contributed by atoms with Crippen molar-refractivity contribution in [1.82, 2.24) is 24.5 Å². The molecule has 1 aromatic carbocycles. The first-order valence-electron chi connectivity index (χ1n) is 14.7. The Morgan fingerprint density at radius 2 is 1.91 bits per heavy atom. The molecule has 1 aliphatic heterocycles. The maximum absolute atomic E-state index is 13.2. The van der Waals surface area contributed by atoms with Gasteiger partial charge in [0.15, 0.2) is 0 Å². The van der Waals surface area contributed by atoms with Crippen LogP contribution in [0.25, 0.3) is 22.2 Å². The molecule has 4 heterocycles. The monoisotopic (exact) mass is 437 g/mol. The molecule has 3 aromatic heterocycles. The number of nitrogens with zero attached hydrogens (tertiary/aromatic N) is 6. The minimum atomic E-state index is -3.57. The molecule has 1 fully saturated rings. The molecule has 8 heteroatoms. The number of nitrogens with one attached hydrogen (secondary N) is 1. The maximum Gasteiger partial charge on any atom is 0.258 e. The number of carbonyl (C=O) groups is 1. The zero-order valence-corrected chi connectivity index (χ0v) is 17.2. The van der Waals surface area contributed by atoms with Crippen molar-refractivity contribution in [2.45, 2.75) is 26.0 Å². The highest BCUT2D eigenvalue weighted by atomic mass is 16.1. The second kappa shape index (κ2) is 8.37. The highest BCUT2D eigenvalue weighted by Gasteiger charge is 2.15. The summed E-state index contributed by atoms with van der Waals surface area (Å²) >= 11 is 0. The average molecular weight is 438 g/mol. The lowest BCUT2D eigenvalue weighted by molar-refractivity contribution is 0.102. The molecule has 0 spiro atoms. The molecule has 1 N–H and O–H groups in total. The van der Waals surface area contributed by atoms with Crippen molar-refractivity contribution in [1.29, 1.82) is 0 Å². The Bertz CT molecular complexity index is 1690. The summed E-state index contributed by atoms with van der Waals surface area (Å²) in [6.07, 6.45) is -6.32. The van der Waals surface area contributed by atoms with E-state index in [9.17, 15) is 4.79 Å². The first kappa shape index (κ1) is 11.7. The molecule has 4 aromatic rings. The number of imidazole rings is 1. The van der Waals surface area contributed by atoms with Gasteiger partial charge in [-0.15, -0.1) is 0 Å². The van der Waals surface area contributed by atoms with Gasteiger partial charge in [0.2, 0.25) is 5.95 Å². The largest absolute Gasteiger partial charge is 0.357 e. The topological polar surface area (TPSA) is 88.8 Å². The number of fused-ring (bicyclic) bond motifs is 1. The van der Waals surface area contributed by atoms with Crippen LogP contribution >= 0.6 is 0 Å². The van der Waals surface area contributed by atoms with E-state index >= 15 is 0 Å². The number of pyridine rings is 1. The summed E-state index contributed by atoms with van der Waals surface area (Å²) < 4.78 is 83.7. The summed E-state index contributed by atoms with van der Waals surface area (Å²) in [5.41, 5.74) is 2.07. The SMILES string of the molecule is [2H]C1([2H])N(c2cc(C(=O)Nc3ncc4ccc(-c5cnc(C)n5C)cc4n3)ccn2)C([2H])([2H])C([2H])([2H])C([2H])([2H])C1([2H])[2H]. The third-order valence-electron chi connectivity index (χ3n) is 5.02. The van der Waals surface area contributed by atoms with Gasteiger partial charge in [-0.3, -0.25) is 10.1 Å². The highest BCUT2D eigenvalue weighted by Crippen LogP contribution is 2.24. The summed E-state index contributed by atoms with van der Waals surface area (Å²) in [6.45, 7) is -4.96. The summed E-state index contributed by atoms with van der Waals surface area (Å²) in [5, 5.41) is 3.23. The van der Waals surface area contributed by atoms with Crippen LogP contribution in [0.15, 0.2) is 48.9 Å². The Labute approximate surface area is 200 Å². The van der Waals surface area contributed by atoms with E-state index in [0.29, 0.717) is 10.9 Å². The molecular formula is C24H25N7O. The molecule has 1 aliphatic rings. The summed E-state index contributed by atoms with van der Waals surface area (Å²) in [5.74, 6) is -0.629. The van der Waals surface area contributed by atoms with Gasteiger partial charge in [-0.05, 0) is 44.2 Å². The van der Waals surface area contributed by atoms with Crippen molar-refractivity contribution in [3.63, 3.8) is 0 Å². The Balaban J connectivity index is 1.48. The molecule has 5 rings (SSSR count). The predicted octanol–water partition coefficient (Wildman–Crippen LogP) is 3.98. The van der Waals surface area contributed by atoms with E-state index in [2.05, 4.69) is 25.3 Å². The fourth-order valence-electron chi connectivity index (χ4n) is 3.21. The number of hydrogen-bond donors (Lipinski definition) is 1. The molecule has 0 unspecified atom stereocenters. The van der Waals surface area contributed by atoms with Gasteiger partial charge in [-0.2, -0.15) is 0 Å². The summed E-state index contributed by atoms with van der Waals surface area (Å²) in [7, 11) is 1.88. The van der Waals surface area contributed by atoms with Crippen molar-refractivity contribution >= 4 is 28.6 Å². The van der Waals surface area contributed by atoms with E-state index in [1.165, 1.54) is 12.3 Å². The first-order valence-corrected chi connectivity index (χ1v) is 9.68. The third-order valence-corrected chi connectivity index (χ3v) is 5.02. The summed E-state index contributed by atoms with van der Waals surface area (Å²) in [6, 6.07) is 7.73. The lowest BCUT2D eigenvalue weighted by Gasteiger charge is -2.27. The minimum Gasteiger partial charge on any atom is -0.357 e. The van der Waals surface area contributed by atoms with Crippen LogP contribution in [0, 0.1) is 6.92 Å². The maximum atomic E-state index is 13.2. The lowest BCUT2D eigenvalue weighted by atomic mass is 10.1. The molecule has 0 aliphatic carbocycles. The van der Waals surface area contributed by atoms with Gasteiger partial charge in [0.25, 0.3) is 5.91 Å². The van der Waals surface area contributed by atoms with E-state index in [4.69, 9.17) is 13.7 Å². The number of benzene rings is 1. The number of hydrogen-bond acceptors (Lipinski definition) is 6. The quantitative estimate of drug-likeness (QED) is 0.520. The van der Waals surface area contributed by atoms with Gasteiger partial charge in [0, 0.05) is 62.7 Å². The highest BCUT2D eigenvalue weighted by molar-refractivity contribution is 6.04. The molecule has 0 saturated carbocycles. The molecule has 0 radical (unpaired) electrons. The predicted molar refractivity (Wildman–Crippen MR) is 125 cm³/mol. The van der Waals surface area contributed by atoms with Gasteiger partial charge in [0.1, 0.15) is 11.6 Å². The Kier molecular flexibility index (Phi) is 3.06. The molecule has 32 heavy (non-hydrogen) atoms. The van der Waals surface area contributed by atoms with Crippen LogP contribution in [0.2, 0.25) is 0 Å². The van der Waals surface area contributed by atoms with Crippen LogP contribution in [0.3, 0.4) is 0 Å². The third kappa shape index (κ3) is 3.91. The number of carbonyl (C=O) groups excluding carboxylic acids is 1. The van der Waals surface area contributed by atoms with E-state index in [1.54, 1.807) is 6.20 Å². The standard InChI is InChI=1S/C24H25N7O/c1-16-26-15-21(30(16)2)17-6-7-19-14-27-24(28-20(19)12-17)29-23(32)18-8-9-25-22(13-18)31-10-4-3-5-11-31/h6-9,12-15H,3-5,10-11H2,1-2H3,(H,27,28,29,32)/i3D2,4D2,5D2,10D2,11D2. The number of aromatic nitrogens is 5. The molecule has 0 bridgehead atoms. The summed E-state index contributed by atoms with van der Waals surface area (Å²) in [4.78, 5) is 30.0. The van der Waals surface area contributed by atoms with Crippen molar-refractivity contribution < 1.29 is 18.5 Å². The van der Waals surface area contributed by atoms with Crippen LogP contribution < -0.4 is 10.2 Å². The molecule has 1 saturated heterocycles. The van der Waals surface area contributed by atoms with Crippen LogP contribution in [0.5, 0.6) is 0 Å². The van der Waals surface area contributed by atoms with Gasteiger partial charge in [-0.25, -0.2) is 19.9 Å². The van der Waals surface area contributed by atoms with Crippen molar-refractivity contribution in [2.24, 2.45) is 7.05 Å². The van der Waals surface area contributed by atoms with E-state index < -0.39 is 43.8 Å². The molecular weight excluding hydrogens is 402 g/mol. The number of aryl methyl sites for hydroxylation is 1. The van der Waals surface area contributed by atoms with Crippen LogP contribution in [0.4, 0.5) is 11.8 Å². The van der Waals surface area contributed by atoms with E-state index in [0.717, 1.165) is 29.3 Å². The van der Waals surface area contributed by atoms with Gasteiger partial charge < -0.3 is 9.47 Å². The first-order chi connectivity index (χ1) is 19.3. The van der Waals surface area contributed by atoms with Crippen LogP contribution in [0.1, 0.15) is 49.0 Å². The van der Waals surface area contributed by atoms with Crippen molar-refractivity contribution in [3.8, 4) is 11.3 Å². The fourth-order valence-corrected chi connectivity index (χ4v) is 3.21. The smallest absolute Gasteiger partial charge is 0.258 e. The van der Waals surface area contributed by atoms with Crippen molar-refractivity contribution in [2.75, 3.05) is 23.2 Å². The molecule has 162 valence electrons. The Morgan fingerprint density at radius 3 is 2.69 bits per heavy atom. The van der Waals surface area contributed by atoms with Gasteiger partial charge >= 0.3 is 0 Å². The fraction of sp³-hybridized carbons (Fsp3) is 0.292. The van der Waals surface area contributed by atoms with Crippen LogP contribution in [-0.4, -0.2) is 43.4 Å². The number of rotatable bonds is 4. The Hall–Kier alpha value is -3.81. The number of amides is 1. The average Bonchev–Trinajstić information content (AvgIpc) is 3.25. The number of anilines is 2. The second-order valence-electron chi connectivity index (χ2n) is 7.01. The molecule has 1 amide bonds. The van der Waals surface area contributed by atoms with Crippen molar-refractivity contribution in [3.05, 3.63) is 60.3 Å². The van der Waals surface area contributed by atoms with Gasteiger partial charge in [0.05, 0.1) is 17.4 Å². The number of piperidine rings is 1. The van der Waals surface area contributed by atoms with E-state index in [1.807, 2.05) is 36.7 Å². The lowest BCUT2D eigenvalue weighted by Crippen LogP contribution is -2.30.